The minimum Gasteiger partial charge on any atom is -0.384 e. The van der Waals surface area contributed by atoms with Crippen LogP contribution in [-0.2, 0) is 4.74 Å². The molecular formula is C13H16N2O. The molecule has 0 amide bonds. The number of nitrogens with one attached hydrogen (secondary N) is 1. The predicted molar refractivity (Wildman–Crippen MR) is 63.3 cm³/mol. The molecule has 1 unspecified atom stereocenters. The molecule has 0 radical (unpaired) electrons. The van der Waals surface area contributed by atoms with E-state index in [1.807, 2.05) is 25.1 Å². The molecule has 1 N–H and O–H groups in total. The molecule has 1 saturated heterocycles. The zero-order valence-corrected chi connectivity index (χ0v) is 9.49. The van der Waals surface area contributed by atoms with E-state index in [4.69, 9.17) is 10.00 Å². The van der Waals surface area contributed by atoms with Gasteiger partial charge in [-0.1, -0.05) is 6.07 Å². The molecule has 1 fully saturated rings. The monoisotopic (exact) mass is 216 g/mol. The predicted octanol–water partition coefficient (Wildman–Crippen LogP) is 2.32. The Labute approximate surface area is 96.0 Å². The van der Waals surface area contributed by atoms with E-state index in [9.17, 15) is 0 Å². The van der Waals surface area contributed by atoms with Gasteiger partial charge >= 0.3 is 0 Å². The van der Waals surface area contributed by atoms with Crippen LogP contribution in [0.1, 0.15) is 17.5 Å². The summed E-state index contributed by atoms with van der Waals surface area (Å²) in [5, 5.41) is 12.3. The number of benzene rings is 1. The van der Waals surface area contributed by atoms with Gasteiger partial charge in [-0.25, -0.2) is 0 Å². The minimum absolute atomic E-state index is 0.576. The number of hydrogen-bond acceptors (Lipinski definition) is 3. The summed E-state index contributed by atoms with van der Waals surface area (Å²) in [5.74, 6) is 0.576. The van der Waals surface area contributed by atoms with Crippen molar-refractivity contribution >= 4 is 5.69 Å². The summed E-state index contributed by atoms with van der Waals surface area (Å²) in [7, 11) is 0. The summed E-state index contributed by atoms with van der Waals surface area (Å²) < 4.78 is 5.32. The third kappa shape index (κ3) is 2.53. The summed E-state index contributed by atoms with van der Waals surface area (Å²) in [4.78, 5) is 0. The van der Waals surface area contributed by atoms with E-state index in [1.54, 1.807) is 0 Å². The first-order chi connectivity index (χ1) is 7.79. The van der Waals surface area contributed by atoms with E-state index in [0.29, 0.717) is 11.5 Å². The van der Waals surface area contributed by atoms with Crippen LogP contribution in [0.15, 0.2) is 18.2 Å². The average Bonchev–Trinajstić information content (AvgIpc) is 2.79. The lowest BCUT2D eigenvalue weighted by atomic mass is 10.1. The molecule has 0 bridgehead atoms. The standard InChI is InChI=1S/C13H16N2O/c1-10-2-3-12(7-14)13(6-10)15-8-11-4-5-16-9-11/h2-3,6,11,15H,4-5,8-9H2,1H3. The molecule has 1 atom stereocenters. The second-order valence-electron chi connectivity index (χ2n) is 4.27. The Bertz CT molecular complexity index is 403. The van der Waals surface area contributed by atoms with Gasteiger partial charge in [0.1, 0.15) is 6.07 Å². The van der Waals surface area contributed by atoms with Crippen LogP contribution >= 0.6 is 0 Å². The zero-order valence-electron chi connectivity index (χ0n) is 9.49. The highest BCUT2D eigenvalue weighted by atomic mass is 16.5. The smallest absolute Gasteiger partial charge is 0.101 e. The van der Waals surface area contributed by atoms with Gasteiger partial charge in [0.2, 0.25) is 0 Å². The van der Waals surface area contributed by atoms with Gasteiger partial charge in [-0.2, -0.15) is 5.26 Å². The first-order valence-electron chi connectivity index (χ1n) is 5.62. The van der Waals surface area contributed by atoms with Crippen LogP contribution in [0.25, 0.3) is 0 Å². The van der Waals surface area contributed by atoms with Crippen molar-refractivity contribution in [3.8, 4) is 6.07 Å². The van der Waals surface area contributed by atoms with E-state index >= 15 is 0 Å². The quantitative estimate of drug-likeness (QED) is 0.843. The van der Waals surface area contributed by atoms with Crippen molar-refractivity contribution in [3.63, 3.8) is 0 Å². The van der Waals surface area contributed by atoms with Gasteiger partial charge in [0.25, 0.3) is 0 Å². The van der Waals surface area contributed by atoms with Crippen LogP contribution in [0.2, 0.25) is 0 Å². The molecule has 0 spiro atoms. The summed E-state index contributed by atoms with van der Waals surface area (Å²) >= 11 is 0. The van der Waals surface area contributed by atoms with E-state index in [-0.39, 0.29) is 0 Å². The molecular weight excluding hydrogens is 200 g/mol. The van der Waals surface area contributed by atoms with Crippen LogP contribution in [-0.4, -0.2) is 19.8 Å². The number of ether oxygens (including phenoxy) is 1. The zero-order chi connectivity index (χ0) is 11.4. The topological polar surface area (TPSA) is 45.0 Å². The van der Waals surface area contributed by atoms with Crippen LogP contribution in [0.3, 0.4) is 0 Å². The molecule has 0 aliphatic carbocycles. The Kier molecular flexibility index (Phi) is 3.43. The maximum atomic E-state index is 8.99. The van der Waals surface area contributed by atoms with E-state index in [0.717, 1.165) is 31.9 Å². The molecule has 3 heteroatoms. The van der Waals surface area contributed by atoms with Gasteiger partial charge in [0.05, 0.1) is 17.9 Å². The van der Waals surface area contributed by atoms with E-state index in [2.05, 4.69) is 11.4 Å². The van der Waals surface area contributed by atoms with Crippen LogP contribution < -0.4 is 5.32 Å². The first-order valence-corrected chi connectivity index (χ1v) is 5.62. The van der Waals surface area contributed by atoms with Crippen molar-refractivity contribution in [2.75, 3.05) is 25.1 Å². The van der Waals surface area contributed by atoms with Crippen molar-refractivity contribution in [3.05, 3.63) is 29.3 Å². The van der Waals surface area contributed by atoms with Crippen molar-refractivity contribution in [1.82, 2.24) is 0 Å². The Morgan fingerprint density at radius 2 is 2.44 bits per heavy atom. The highest BCUT2D eigenvalue weighted by Crippen LogP contribution is 2.19. The summed E-state index contributed by atoms with van der Waals surface area (Å²) in [6.07, 6.45) is 1.11. The van der Waals surface area contributed by atoms with Crippen LogP contribution in [0.5, 0.6) is 0 Å². The second kappa shape index (κ2) is 5.00. The van der Waals surface area contributed by atoms with Gasteiger partial charge < -0.3 is 10.1 Å². The summed E-state index contributed by atoms with van der Waals surface area (Å²) in [6, 6.07) is 8.05. The molecule has 1 heterocycles. The van der Waals surface area contributed by atoms with Gasteiger partial charge in [0, 0.05) is 19.1 Å². The summed E-state index contributed by atoms with van der Waals surface area (Å²) in [6.45, 7) is 4.62. The molecule has 1 aliphatic heterocycles. The molecule has 0 aromatic heterocycles. The second-order valence-corrected chi connectivity index (χ2v) is 4.27. The Morgan fingerprint density at radius 1 is 1.56 bits per heavy atom. The number of aryl methyl sites for hydroxylation is 1. The van der Waals surface area contributed by atoms with Crippen molar-refractivity contribution in [2.24, 2.45) is 5.92 Å². The number of rotatable bonds is 3. The fraction of sp³-hybridized carbons (Fsp3) is 0.462. The van der Waals surface area contributed by atoms with Crippen molar-refractivity contribution < 1.29 is 4.74 Å². The maximum Gasteiger partial charge on any atom is 0.101 e. The highest BCUT2D eigenvalue weighted by molar-refractivity contribution is 5.58. The average molecular weight is 216 g/mol. The van der Waals surface area contributed by atoms with Crippen molar-refractivity contribution in [2.45, 2.75) is 13.3 Å². The lowest BCUT2D eigenvalue weighted by molar-refractivity contribution is 0.187. The van der Waals surface area contributed by atoms with Crippen molar-refractivity contribution in [1.29, 1.82) is 5.26 Å². The molecule has 3 nitrogen and oxygen atoms in total. The van der Waals surface area contributed by atoms with Crippen LogP contribution in [0, 0.1) is 24.2 Å². The van der Waals surface area contributed by atoms with Gasteiger partial charge in [-0.05, 0) is 31.0 Å². The third-order valence-corrected chi connectivity index (χ3v) is 2.90. The Hall–Kier alpha value is -1.53. The molecule has 1 aromatic rings. The Morgan fingerprint density at radius 3 is 3.12 bits per heavy atom. The van der Waals surface area contributed by atoms with E-state index in [1.165, 1.54) is 5.56 Å². The maximum absolute atomic E-state index is 8.99. The molecule has 16 heavy (non-hydrogen) atoms. The largest absolute Gasteiger partial charge is 0.384 e. The van der Waals surface area contributed by atoms with E-state index < -0.39 is 0 Å². The lowest BCUT2D eigenvalue weighted by Gasteiger charge is -2.12. The van der Waals surface area contributed by atoms with Gasteiger partial charge in [0.15, 0.2) is 0 Å². The third-order valence-electron chi connectivity index (χ3n) is 2.90. The van der Waals surface area contributed by atoms with Gasteiger partial charge in [-0.3, -0.25) is 0 Å². The SMILES string of the molecule is Cc1ccc(C#N)c(NCC2CCOC2)c1. The normalized spacial score (nSPS) is 19.4. The van der Waals surface area contributed by atoms with Gasteiger partial charge in [-0.15, -0.1) is 0 Å². The number of nitriles is 1. The molecule has 0 saturated carbocycles. The summed E-state index contributed by atoms with van der Waals surface area (Å²) in [5.41, 5.74) is 2.82. The number of nitrogens with zero attached hydrogens (tertiary/aromatic N) is 1. The fourth-order valence-corrected chi connectivity index (χ4v) is 1.90. The first kappa shape index (κ1) is 11.0. The number of anilines is 1. The molecule has 1 aliphatic rings. The molecule has 84 valence electrons. The minimum atomic E-state index is 0.576. The number of hydrogen-bond donors (Lipinski definition) is 1. The lowest BCUT2D eigenvalue weighted by Crippen LogP contribution is -2.14. The Balaban J connectivity index is 2.02. The molecule has 1 aromatic carbocycles. The highest BCUT2D eigenvalue weighted by Gasteiger charge is 2.15. The van der Waals surface area contributed by atoms with Crippen LogP contribution in [0.4, 0.5) is 5.69 Å². The fourth-order valence-electron chi connectivity index (χ4n) is 1.90. The molecule has 2 rings (SSSR count).